The summed E-state index contributed by atoms with van der Waals surface area (Å²) >= 11 is 0. The molecular weight excluding hydrogens is 204 g/mol. The molecule has 16 heavy (non-hydrogen) atoms. The highest BCUT2D eigenvalue weighted by Gasteiger charge is 2.24. The van der Waals surface area contributed by atoms with Gasteiger partial charge in [-0.05, 0) is 33.6 Å². The van der Waals surface area contributed by atoms with Crippen LogP contribution in [0.3, 0.4) is 0 Å². The fourth-order valence-corrected chi connectivity index (χ4v) is 1.27. The summed E-state index contributed by atoms with van der Waals surface area (Å²) in [6.45, 7) is 5.88. The predicted octanol–water partition coefficient (Wildman–Crippen LogP) is 2.38. The van der Waals surface area contributed by atoms with E-state index in [0.29, 0.717) is 17.7 Å². The Morgan fingerprint density at radius 2 is 2.06 bits per heavy atom. The predicted molar refractivity (Wildman–Crippen MR) is 62.7 cm³/mol. The van der Waals surface area contributed by atoms with Crippen LogP contribution in [0.15, 0.2) is 12.3 Å². The van der Waals surface area contributed by atoms with Crippen LogP contribution in [0.5, 0.6) is 11.6 Å². The van der Waals surface area contributed by atoms with E-state index < -0.39 is 0 Å². The molecule has 0 bridgehead atoms. The number of aromatic nitrogens is 1. The first kappa shape index (κ1) is 11.0. The zero-order chi connectivity index (χ0) is 11.8. The average molecular weight is 222 g/mol. The number of nitrogens with zero attached hydrogens (tertiary/aromatic N) is 1. The molecule has 1 heterocycles. The van der Waals surface area contributed by atoms with Gasteiger partial charge < -0.3 is 15.2 Å². The molecule has 1 aliphatic rings. The van der Waals surface area contributed by atoms with Crippen molar-refractivity contribution in [1.29, 1.82) is 0 Å². The molecule has 4 heteroatoms. The topological polar surface area (TPSA) is 57.4 Å². The molecule has 1 aliphatic carbocycles. The molecule has 2 N–H and O–H groups in total. The first-order valence-corrected chi connectivity index (χ1v) is 5.55. The van der Waals surface area contributed by atoms with Gasteiger partial charge in [0.15, 0.2) is 0 Å². The van der Waals surface area contributed by atoms with Crippen molar-refractivity contribution >= 4 is 5.69 Å². The van der Waals surface area contributed by atoms with Gasteiger partial charge in [0.05, 0.1) is 18.0 Å². The van der Waals surface area contributed by atoms with Crippen LogP contribution in [0.2, 0.25) is 0 Å². The molecule has 0 saturated heterocycles. The van der Waals surface area contributed by atoms with Crippen molar-refractivity contribution < 1.29 is 9.47 Å². The summed E-state index contributed by atoms with van der Waals surface area (Å²) in [7, 11) is 0. The lowest BCUT2D eigenvalue weighted by molar-refractivity contribution is 0.125. The van der Waals surface area contributed by atoms with Gasteiger partial charge in [-0.15, -0.1) is 0 Å². The van der Waals surface area contributed by atoms with Crippen LogP contribution in [0.25, 0.3) is 0 Å². The molecular formula is C12H18N2O2. The molecule has 0 unspecified atom stereocenters. The molecule has 0 spiro atoms. The number of anilines is 1. The van der Waals surface area contributed by atoms with Gasteiger partial charge in [-0.1, -0.05) is 0 Å². The lowest BCUT2D eigenvalue weighted by atomic mass is 10.2. The van der Waals surface area contributed by atoms with Crippen molar-refractivity contribution in [3.63, 3.8) is 0 Å². The second-order valence-corrected chi connectivity index (χ2v) is 5.10. The zero-order valence-electron chi connectivity index (χ0n) is 9.99. The molecule has 1 aromatic heterocycles. The molecule has 0 aromatic carbocycles. The third-order valence-electron chi connectivity index (χ3n) is 2.08. The van der Waals surface area contributed by atoms with Crippen LogP contribution in [-0.2, 0) is 0 Å². The zero-order valence-corrected chi connectivity index (χ0v) is 9.99. The third-order valence-corrected chi connectivity index (χ3v) is 2.08. The lowest BCUT2D eigenvalue weighted by Gasteiger charge is -2.21. The van der Waals surface area contributed by atoms with Crippen molar-refractivity contribution in [2.24, 2.45) is 0 Å². The van der Waals surface area contributed by atoms with Gasteiger partial charge in [0.2, 0.25) is 5.88 Å². The molecule has 0 atom stereocenters. The van der Waals surface area contributed by atoms with Crippen LogP contribution < -0.4 is 15.2 Å². The number of hydrogen-bond acceptors (Lipinski definition) is 4. The third kappa shape index (κ3) is 3.02. The van der Waals surface area contributed by atoms with E-state index >= 15 is 0 Å². The number of rotatable bonds is 3. The monoisotopic (exact) mass is 222 g/mol. The van der Waals surface area contributed by atoms with Gasteiger partial charge in [0.25, 0.3) is 0 Å². The van der Waals surface area contributed by atoms with Crippen LogP contribution >= 0.6 is 0 Å². The molecule has 0 radical (unpaired) electrons. The van der Waals surface area contributed by atoms with E-state index in [4.69, 9.17) is 15.2 Å². The van der Waals surface area contributed by atoms with Gasteiger partial charge in [-0.2, -0.15) is 0 Å². The Hall–Kier alpha value is -1.45. The molecule has 2 rings (SSSR count). The van der Waals surface area contributed by atoms with Crippen molar-refractivity contribution in [3.05, 3.63) is 12.3 Å². The SMILES string of the molecule is CC(C)(C)Oc1ncc(OC2CC2)cc1N. The number of nitrogens with two attached hydrogens (primary N) is 1. The summed E-state index contributed by atoms with van der Waals surface area (Å²) in [6.07, 6.45) is 4.27. The summed E-state index contributed by atoms with van der Waals surface area (Å²) in [5, 5.41) is 0. The number of ether oxygens (including phenoxy) is 2. The van der Waals surface area contributed by atoms with Gasteiger partial charge in [-0.25, -0.2) is 4.98 Å². The normalized spacial score (nSPS) is 15.9. The van der Waals surface area contributed by atoms with Crippen molar-refractivity contribution in [3.8, 4) is 11.6 Å². The molecule has 1 saturated carbocycles. The standard InChI is InChI=1S/C12H18N2O2/c1-12(2,3)16-11-10(13)6-9(7-14-11)15-8-4-5-8/h6-8H,4-5,13H2,1-3H3. The summed E-state index contributed by atoms with van der Waals surface area (Å²) in [5.74, 6) is 1.19. The van der Waals surface area contributed by atoms with Gasteiger partial charge in [0, 0.05) is 6.07 Å². The maximum absolute atomic E-state index is 5.86. The molecule has 88 valence electrons. The van der Waals surface area contributed by atoms with Gasteiger partial charge in [-0.3, -0.25) is 0 Å². The maximum Gasteiger partial charge on any atom is 0.237 e. The van der Waals surface area contributed by atoms with E-state index in [1.54, 1.807) is 12.3 Å². The summed E-state index contributed by atoms with van der Waals surface area (Å²) in [4.78, 5) is 4.17. The highest BCUT2D eigenvalue weighted by Crippen LogP contribution is 2.30. The average Bonchev–Trinajstić information content (AvgIpc) is 2.92. The van der Waals surface area contributed by atoms with Crippen molar-refractivity contribution in [1.82, 2.24) is 4.98 Å². The molecule has 1 aromatic rings. The fourth-order valence-electron chi connectivity index (χ4n) is 1.27. The highest BCUT2D eigenvalue weighted by molar-refractivity contribution is 5.51. The van der Waals surface area contributed by atoms with E-state index in [1.165, 1.54) is 0 Å². The molecule has 0 amide bonds. The van der Waals surface area contributed by atoms with Gasteiger partial charge in [0.1, 0.15) is 11.4 Å². The number of nitrogen functional groups attached to an aromatic ring is 1. The van der Waals surface area contributed by atoms with E-state index in [1.807, 2.05) is 20.8 Å². The summed E-state index contributed by atoms with van der Waals surface area (Å²) < 4.78 is 11.2. The van der Waals surface area contributed by atoms with Gasteiger partial charge >= 0.3 is 0 Å². The second kappa shape index (κ2) is 3.85. The number of pyridine rings is 1. The van der Waals surface area contributed by atoms with Crippen molar-refractivity contribution in [2.75, 3.05) is 5.73 Å². The van der Waals surface area contributed by atoms with Crippen LogP contribution in [0.4, 0.5) is 5.69 Å². The van der Waals surface area contributed by atoms with E-state index in [9.17, 15) is 0 Å². The molecule has 1 fully saturated rings. The Balaban J connectivity index is 2.09. The fraction of sp³-hybridized carbons (Fsp3) is 0.583. The van der Waals surface area contributed by atoms with E-state index in [2.05, 4.69) is 4.98 Å². The molecule has 0 aliphatic heterocycles. The Labute approximate surface area is 95.8 Å². The first-order chi connectivity index (χ1) is 7.44. The quantitative estimate of drug-likeness (QED) is 0.853. The largest absolute Gasteiger partial charge is 0.489 e. The van der Waals surface area contributed by atoms with E-state index in [-0.39, 0.29) is 5.60 Å². The Morgan fingerprint density at radius 3 is 2.56 bits per heavy atom. The van der Waals surface area contributed by atoms with Crippen LogP contribution in [0, 0.1) is 0 Å². The minimum absolute atomic E-state index is 0.292. The Morgan fingerprint density at radius 1 is 1.38 bits per heavy atom. The smallest absolute Gasteiger partial charge is 0.237 e. The Kier molecular flexibility index (Phi) is 2.66. The lowest BCUT2D eigenvalue weighted by Crippen LogP contribution is -2.24. The highest BCUT2D eigenvalue weighted by atomic mass is 16.5. The van der Waals surface area contributed by atoms with Crippen LogP contribution in [0.1, 0.15) is 33.6 Å². The van der Waals surface area contributed by atoms with Crippen LogP contribution in [-0.4, -0.2) is 16.7 Å². The van der Waals surface area contributed by atoms with E-state index in [0.717, 1.165) is 18.6 Å². The first-order valence-electron chi connectivity index (χ1n) is 5.55. The Bertz CT molecular complexity index is 381. The summed E-state index contributed by atoms with van der Waals surface area (Å²) in [6, 6.07) is 1.77. The maximum atomic E-state index is 5.86. The van der Waals surface area contributed by atoms with Crippen molar-refractivity contribution in [2.45, 2.75) is 45.3 Å². The molecule has 4 nitrogen and oxygen atoms in total. The minimum Gasteiger partial charge on any atom is -0.489 e. The second-order valence-electron chi connectivity index (χ2n) is 5.10. The number of hydrogen-bond donors (Lipinski definition) is 1. The summed E-state index contributed by atoms with van der Waals surface area (Å²) in [5.41, 5.74) is 6.09. The minimum atomic E-state index is -0.292.